The Hall–Kier alpha value is -0.830. The lowest BCUT2D eigenvalue weighted by Crippen LogP contribution is -2.52. The van der Waals surface area contributed by atoms with E-state index in [0.29, 0.717) is 6.04 Å². The molecular weight excluding hydrogens is 224 g/mol. The molecule has 0 aromatic heterocycles. The van der Waals surface area contributed by atoms with Gasteiger partial charge in [0.05, 0.1) is 0 Å². The number of nitrogens with one attached hydrogen (secondary N) is 1. The Balaban J connectivity index is 2.43. The normalized spacial score (nSPS) is 20.5. The molecule has 1 rings (SSSR count). The number of amides is 1. The predicted octanol–water partition coefficient (Wildman–Crippen LogP) is 2.72. The van der Waals surface area contributed by atoms with Gasteiger partial charge in [-0.2, -0.15) is 0 Å². The number of carbonyl (C=O) groups excluding carboxylic acids is 1. The minimum absolute atomic E-state index is 0.0697. The SMILES string of the molecule is C=CC(=O)N1CCC(NC(C)(CC)CCC)CC1. The van der Waals surface area contributed by atoms with Crippen LogP contribution in [0.25, 0.3) is 0 Å². The Morgan fingerprint density at radius 3 is 2.50 bits per heavy atom. The van der Waals surface area contributed by atoms with Gasteiger partial charge in [0, 0.05) is 24.7 Å². The molecule has 3 nitrogen and oxygen atoms in total. The topological polar surface area (TPSA) is 32.3 Å². The van der Waals surface area contributed by atoms with Crippen LogP contribution in [0.4, 0.5) is 0 Å². The van der Waals surface area contributed by atoms with Gasteiger partial charge in [-0.3, -0.25) is 4.79 Å². The van der Waals surface area contributed by atoms with Gasteiger partial charge in [0.25, 0.3) is 0 Å². The summed E-state index contributed by atoms with van der Waals surface area (Å²) in [6.45, 7) is 12.1. The Morgan fingerprint density at radius 2 is 2.06 bits per heavy atom. The second-order valence-corrected chi connectivity index (χ2v) is 5.61. The fraction of sp³-hybridized carbons (Fsp3) is 0.800. The molecule has 1 unspecified atom stereocenters. The summed E-state index contributed by atoms with van der Waals surface area (Å²) in [7, 11) is 0. The quantitative estimate of drug-likeness (QED) is 0.737. The van der Waals surface area contributed by atoms with E-state index in [-0.39, 0.29) is 11.4 Å². The summed E-state index contributed by atoms with van der Waals surface area (Å²) in [5, 5.41) is 3.80. The van der Waals surface area contributed by atoms with Crippen molar-refractivity contribution >= 4 is 5.91 Å². The first-order valence-corrected chi connectivity index (χ1v) is 7.23. The highest BCUT2D eigenvalue weighted by Crippen LogP contribution is 2.21. The van der Waals surface area contributed by atoms with E-state index in [9.17, 15) is 4.79 Å². The van der Waals surface area contributed by atoms with Crippen LogP contribution in [0.2, 0.25) is 0 Å². The molecule has 1 amide bonds. The average Bonchev–Trinajstić information content (AvgIpc) is 2.39. The van der Waals surface area contributed by atoms with E-state index in [1.54, 1.807) is 0 Å². The number of carbonyl (C=O) groups is 1. The molecule has 0 radical (unpaired) electrons. The number of rotatable bonds is 6. The highest BCUT2D eigenvalue weighted by molar-refractivity contribution is 5.87. The highest BCUT2D eigenvalue weighted by atomic mass is 16.2. The molecular formula is C15H28N2O. The van der Waals surface area contributed by atoms with Gasteiger partial charge in [-0.15, -0.1) is 0 Å². The zero-order chi connectivity index (χ0) is 13.6. The van der Waals surface area contributed by atoms with Gasteiger partial charge in [-0.05, 0) is 38.7 Å². The fourth-order valence-corrected chi connectivity index (χ4v) is 2.77. The van der Waals surface area contributed by atoms with Crippen molar-refractivity contribution in [2.45, 2.75) is 64.5 Å². The highest BCUT2D eigenvalue weighted by Gasteiger charge is 2.27. The first kappa shape index (κ1) is 15.2. The van der Waals surface area contributed by atoms with Crippen LogP contribution >= 0.6 is 0 Å². The molecule has 1 atom stereocenters. The van der Waals surface area contributed by atoms with Crippen molar-refractivity contribution < 1.29 is 4.79 Å². The van der Waals surface area contributed by atoms with Crippen molar-refractivity contribution in [2.75, 3.05) is 13.1 Å². The molecule has 0 saturated carbocycles. The van der Waals surface area contributed by atoms with Crippen LogP contribution in [0.1, 0.15) is 52.9 Å². The summed E-state index contributed by atoms with van der Waals surface area (Å²) in [5.74, 6) is 0.0697. The third kappa shape index (κ3) is 4.13. The van der Waals surface area contributed by atoms with Crippen molar-refractivity contribution in [2.24, 2.45) is 0 Å². The van der Waals surface area contributed by atoms with Gasteiger partial charge >= 0.3 is 0 Å². The number of hydrogen-bond acceptors (Lipinski definition) is 2. The van der Waals surface area contributed by atoms with Crippen LogP contribution in [0.5, 0.6) is 0 Å². The molecule has 104 valence electrons. The van der Waals surface area contributed by atoms with Crippen LogP contribution in [-0.4, -0.2) is 35.5 Å². The molecule has 0 bridgehead atoms. The van der Waals surface area contributed by atoms with Gasteiger partial charge in [-0.25, -0.2) is 0 Å². The standard InChI is InChI=1S/C15H28N2O/c1-5-10-15(4,7-3)16-13-8-11-17(12-9-13)14(18)6-2/h6,13,16H,2,5,7-12H2,1,3-4H3. The van der Waals surface area contributed by atoms with Crippen LogP contribution in [0.3, 0.4) is 0 Å². The molecule has 0 spiro atoms. The maximum Gasteiger partial charge on any atom is 0.245 e. The van der Waals surface area contributed by atoms with Crippen molar-refractivity contribution in [3.63, 3.8) is 0 Å². The first-order valence-electron chi connectivity index (χ1n) is 7.23. The summed E-state index contributed by atoms with van der Waals surface area (Å²) in [4.78, 5) is 13.4. The molecule has 0 aliphatic carbocycles. The summed E-state index contributed by atoms with van der Waals surface area (Å²) < 4.78 is 0. The molecule has 1 aliphatic heterocycles. The summed E-state index contributed by atoms with van der Waals surface area (Å²) in [6.07, 6.45) is 7.12. The number of nitrogens with zero attached hydrogens (tertiary/aromatic N) is 1. The smallest absolute Gasteiger partial charge is 0.245 e. The lowest BCUT2D eigenvalue weighted by molar-refractivity contribution is -0.127. The minimum atomic E-state index is 0.0697. The predicted molar refractivity (Wildman–Crippen MR) is 76.5 cm³/mol. The van der Waals surface area contributed by atoms with Gasteiger partial charge in [0.15, 0.2) is 0 Å². The number of hydrogen-bond donors (Lipinski definition) is 1. The van der Waals surface area contributed by atoms with Gasteiger partial charge < -0.3 is 10.2 Å². The molecule has 3 heteroatoms. The molecule has 18 heavy (non-hydrogen) atoms. The molecule has 1 aliphatic rings. The second-order valence-electron chi connectivity index (χ2n) is 5.61. The molecule has 1 heterocycles. The van der Waals surface area contributed by atoms with E-state index in [0.717, 1.165) is 32.4 Å². The van der Waals surface area contributed by atoms with Crippen molar-refractivity contribution in [1.82, 2.24) is 10.2 Å². The van der Waals surface area contributed by atoms with Crippen molar-refractivity contribution in [3.8, 4) is 0 Å². The maximum absolute atomic E-state index is 11.5. The van der Waals surface area contributed by atoms with Crippen LogP contribution in [0.15, 0.2) is 12.7 Å². The van der Waals surface area contributed by atoms with Gasteiger partial charge in [0.1, 0.15) is 0 Å². The van der Waals surface area contributed by atoms with E-state index in [1.165, 1.54) is 18.9 Å². The average molecular weight is 252 g/mol. The van der Waals surface area contributed by atoms with Crippen LogP contribution < -0.4 is 5.32 Å². The second kappa shape index (κ2) is 6.93. The minimum Gasteiger partial charge on any atom is -0.339 e. The van der Waals surface area contributed by atoms with Crippen molar-refractivity contribution in [3.05, 3.63) is 12.7 Å². The van der Waals surface area contributed by atoms with E-state index < -0.39 is 0 Å². The maximum atomic E-state index is 11.5. The monoisotopic (exact) mass is 252 g/mol. The third-order valence-corrected chi connectivity index (χ3v) is 4.12. The summed E-state index contributed by atoms with van der Waals surface area (Å²) in [5.41, 5.74) is 0.254. The first-order chi connectivity index (χ1) is 8.54. The molecule has 1 N–H and O–H groups in total. The number of likely N-dealkylation sites (tertiary alicyclic amines) is 1. The molecule has 0 aromatic carbocycles. The van der Waals surface area contributed by atoms with Crippen LogP contribution in [-0.2, 0) is 4.79 Å². The summed E-state index contributed by atoms with van der Waals surface area (Å²) >= 11 is 0. The largest absolute Gasteiger partial charge is 0.339 e. The molecule has 1 saturated heterocycles. The van der Waals surface area contributed by atoms with Crippen molar-refractivity contribution in [1.29, 1.82) is 0 Å². The third-order valence-electron chi connectivity index (χ3n) is 4.12. The lowest BCUT2D eigenvalue weighted by atomic mass is 9.90. The van der Waals surface area contributed by atoms with Gasteiger partial charge in [-0.1, -0.05) is 26.8 Å². The summed E-state index contributed by atoms with van der Waals surface area (Å²) in [6, 6.07) is 0.551. The fourth-order valence-electron chi connectivity index (χ4n) is 2.77. The zero-order valence-electron chi connectivity index (χ0n) is 12.2. The van der Waals surface area contributed by atoms with E-state index in [1.807, 2.05) is 4.90 Å². The van der Waals surface area contributed by atoms with Crippen LogP contribution in [0, 0.1) is 0 Å². The van der Waals surface area contributed by atoms with E-state index in [2.05, 4.69) is 32.7 Å². The van der Waals surface area contributed by atoms with E-state index >= 15 is 0 Å². The lowest BCUT2D eigenvalue weighted by Gasteiger charge is -2.39. The Kier molecular flexibility index (Phi) is 5.86. The number of piperidine rings is 1. The Bertz CT molecular complexity index is 282. The Morgan fingerprint density at radius 1 is 1.44 bits per heavy atom. The molecule has 1 fully saturated rings. The van der Waals surface area contributed by atoms with Gasteiger partial charge in [0.2, 0.25) is 5.91 Å². The van der Waals surface area contributed by atoms with E-state index in [4.69, 9.17) is 0 Å². The Labute approximate surface area is 112 Å². The molecule has 0 aromatic rings. The zero-order valence-corrected chi connectivity index (χ0v) is 12.2.